The molecule has 0 aromatic heterocycles. The summed E-state index contributed by atoms with van der Waals surface area (Å²) in [5, 5.41) is 6.85. The molecule has 0 aliphatic rings. The summed E-state index contributed by atoms with van der Waals surface area (Å²) in [6.45, 7) is 3.18. The Bertz CT molecular complexity index is 243. The number of rotatable bonds is 5. The summed E-state index contributed by atoms with van der Waals surface area (Å²) in [6.07, 6.45) is 0. The number of carbonyl (C=O) groups excluding carboxylic acids is 2. The molecule has 0 heterocycles. The van der Waals surface area contributed by atoms with Crippen molar-refractivity contribution in [3.05, 3.63) is 0 Å². The molecule has 2 unspecified atom stereocenters. The van der Waals surface area contributed by atoms with Gasteiger partial charge in [0.05, 0.1) is 13.2 Å². The predicted octanol–water partition coefficient (Wildman–Crippen LogP) is -0.633. The Hall–Kier alpha value is -0.850. The van der Waals surface area contributed by atoms with Crippen molar-refractivity contribution < 1.29 is 24.2 Å². The standard InChI is InChI=1S/C8H14ClNO5/c1-3-14-6(11)5(10)8(9,13)7(12)15-4-2/h5,13H,3-4,10H2,1-2H3. The van der Waals surface area contributed by atoms with Crippen LogP contribution >= 0.6 is 11.6 Å². The lowest BCUT2D eigenvalue weighted by atomic mass is 10.1. The third kappa shape index (κ3) is 3.65. The van der Waals surface area contributed by atoms with E-state index in [9.17, 15) is 14.7 Å². The zero-order valence-electron chi connectivity index (χ0n) is 8.53. The second kappa shape index (κ2) is 5.89. The molecule has 2 atom stereocenters. The maximum absolute atomic E-state index is 11.1. The van der Waals surface area contributed by atoms with Gasteiger partial charge < -0.3 is 20.3 Å². The van der Waals surface area contributed by atoms with Crippen molar-refractivity contribution in [3.8, 4) is 0 Å². The zero-order valence-corrected chi connectivity index (χ0v) is 9.28. The number of halogens is 1. The van der Waals surface area contributed by atoms with Crippen LogP contribution in [-0.2, 0) is 19.1 Å². The number of ether oxygens (including phenoxy) is 2. The van der Waals surface area contributed by atoms with Gasteiger partial charge in [0.25, 0.3) is 5.06 Å². The highest BCUT2D eigenvalue weighted by atomic mass is 35.5. The summed E-state index contributed by atoms with van der Waals surface area (Å²) in [4.78, 5) is 22.2. The normalized spacial score (nSPS) is 16.3. The van der Waals surface area contributed by atoms with E-state index < -0.39 is 23.0 Å². The minimum absolute atomic E-state index is 0.0173. The molecule has 0 fully saturated rings. The maximum atomic E-state index is 11.1. The molecule has 15 heavy (non-hydrogen) atoms. The van der Waals surface area contributed by atoms with E-state index in [-0.39, 0.29) is 13.2 Å². The molecule has 0 aromatic rings. The first-order valence-corrected chi connectivity index (χ1v) is 4.76. The Morgan fingerprint density at radius 3 is 2.27 bits per heavy atom. The fourth-order valence-electron chi connectivity index (χ4n) is 0.747. The first-order chi connectivity index (χ1) is 6.87. The molecular formula is C8H14ClNO5. The molecule has 0 aliphatic carbocycles. The van der Waals surface area contributed by atoms with Crippen molar-refractivity contribution in [2.45, 2.75) is 24.9 Å². The molecule has 0 spiro atoms. The first kappa shape index (κ1) is 14.2. The molecule has 7 heteroatoms. The third-order valence-electron chi connectivity index (χ3n) is 1.51. The third-order valence-corrected chi connectivity index (χ3v) is 1.90. The molecule has 88 valence electrons. The average Bonchev–Trinajstić information content (AvgIpc) is 2.17. The van der Waals surface area contributed by atoms with Gasteiger partial charge in [0.15, 0.2) is 6.04 Å². The minimum Gasteiger partial charge on any atom is -0.465 e. The number of nitrogens with two attached hydrogens (primary N) is 1. The number of hydrogen-bond acceptors (Lipinski definition) is 6. The minimum atomic E-state index is -2.59. The van der Waals surface area contributed by atoms with Crippen LogP contribution in [0.1, 0.15) is 13.8 Å². The van der Waals surface area contributed by atoms with Gasteiger partial charge >= 0.3 is 11.9 Å². The van der Waals surface area contributed by atoms with Gasteiger partial charge in [-0.25, -0.2) is 4.79 Å². The zero-order chi connectivity index (χ0) is 12.1. The lowest BCUT2D eigenvalue weighted by Gasteiger charge is -2.23. The summed E-state index contributed by atoms with van der Waals surface area (Å²) in [5.41, 5.74) is 5.25. The highest BCUT2D eigenvalue weighted by Gasteiger charge is 2.46. The molecular weight excluding hydrogens is 226 g/mol. The lowest BCUT2D eigenvalue weighted by Crippen LogP contribution is -2.55. The molecule has 0 saturated carbocycles. The van der Waals surface area contributed by atoms with Crippen LogP contribution in [0.25, 0.3) is 0 Å². The van der Waals surface area contributed by atoms with Gasteiger partial charge in [0.1, 0.15) is 0 Å². The van der Waals surface area contributed by atoms with Gasteiger partial charge in [0, 0.05) is 0 Å². The molecule has 0 saturated heterocycles. The molecule has 0 aliphatic heterocycles. The van der Waals surface area contributed by atoms with E-state index in [1.54, 1.807) is 6.92 Å². The molecule has 0 aromatic carbocycles. The van der Waals surface area contributed by atoms with Crippen LogP contribution in [-0.4, -0.2) is 41.4 Å². The smallest absolute Gasteiger partial charge is 0.356 e. The van der Waals surface area contributed by atoms with Crippen LogP contribution in [0.5, 0.6) is 0 Å². The summed E-state index contributed by atoms with van der Waals surface area (Å²) in [7, 11) is 0. The molecule has 3 N–H and O–H groups in total. The molecule has 0 amide bonds. The number of carbonyl (C=O) groups is 2. The first-order valence-electron chi connectivity index (χ1n) is 4.38. The monoisotopic (exact) mass is 239 g/mol. The van der Waals surface area contributed by atoms with Crippen LogP contribution < -0.4 is 5.73 Å². The molecule has 0 rings (SSSR count). The van der Waals surface area contributed by atoms with Crippen LogP contribution in [0.4, 0.5) is 0 Å². The Morgan fingerprint density at radius 2 is 1.87 bits per heavy atom. The van der Waals surface area contributed by atoms with Crippen molar-refractivity contribution in [1.29, 1.82) is 0 Å². The van der Waals surface area contributed by atoms with Crippen LogP contribution in [0.2, 0.25) is 0 Å². The van der Waals surface area contributed by atoms with Crippen LogP contribution in [0.3, 0.4) is 0 Å². The van der Waals surface area contributed by atoms with Gasteiger partial charge in [0.2, 0.25) is 0 Å². The van der Waals surface area contributed by atoms with Crippen LogP contribution in [0.15, 0.2) is 0 Å². The van der Waals surface area contributed by atoms with E-state index in [0.717, 1.165) is 0 Å². The predicted molar refractivity (Wildman–Crippen MR) is 52.0 cm³/mol. The van der Waals surface area contributed by atoms with Crippen molar-refractivity contribution in [2.24, 2.45) is 5.73 Å². The van der Waals surface area contributed by atoms with Gasteiger partial charge in [-0.05, 0) is 13.8 Å². The lowest BCUT2D eigenvalue weighted by molar-refractivity contribution is -0.165. The number of hydrogen-bond donors (Lipinski definition) is 2. The number of alkyl halides is 1. The second-order valence-electron chi connectivity index (χ2n) is 2.62. The maximum Gasteiger partial charge on any atom is 0.356 e. The van der Waals surface area contributed by atoms with Gasteiger partial charge in [-0.15, -0.1) is 0 Å². The van der Waals surface area contributed by atoms with E-state index in [1.807, 2.05) is 0 Å². The van der Waals surface area contributed by atoms with E-state index in [2.05, 4.69) is 9.47 Å². The van der Waals surface area contributed by atoms with E-state index >= 15 is 0 Å². The molecule has 0 radical (unpaired) electrons. The Labute approximate surface area is 92.3 Å². The fraction of sp³-hybridized carbons (Fsp3) is 0.750. The largest absolute Gasteiger partial charge is 0.465 e. The van der Waals surface area contributed by atoms with Gasteiger partial charge in [-0.1, -0.05) is 11.6 Å². The Morgan fingerprint density at radius 1 is 1.40 bits per heavy atom. The van der Waals surface area contributed by atoms with Crippen molar-refractivity contribution in [2.75, 3.05) is 13.2 Å². The van der Waals surface area contributed by atoms with Gasteiger partial charge in [-0.3, -0.25) is 4.79 Å². The Kier molecular flexibility index (Phi) is 5.56. The molecule has 6 nitrogen and oxygen atoms in total. The quantitative estimate of drug-likeness (QED) is 0.489. The fourth-order valence-corrected chi connectivity index (χ4v) is 0.891. The molecule has 0 bridgehead atoms. The summed E-state index contributed by atoms with van der Waals surface area (Å²) in [6, 6.07) is -1.68. The van der Waals surface area contributed by atoms with Crippen LogP contribution in [0, 0.1) is 0 Å². The van der Waals surface area contributed by atoms with E-state index in [1.165, 1.54) is 6.92 Å². The van der Waals surface area contributed by atoms with Crippen molar-refractivity contribution >= 4 is 23.5 Å². The van der Waals surface area contributed by atoms with Crippen molar-refractivity contribution in [1.82, 2.24) is 0 Å². The topological polar surface area (TPSA) is 98.9 Å². The van der Waals surface area contributed by atoms with E-state index in [0.29, 0.717) is 0 Å². The average molecular weight is 240 g/mol. The van der Waals surface area contributed by atoms with Gasteiger partial charge in [-0.2, -0.15) is 0 Å². The Balaban J connectivity index is 4.56. The van der Waals surface area contributed by atoms with E-state index in [4.69, 9.17) is 17.3 Å². The highest BCUT2D eigenvalue weighted by Crippen LogP contribution is 2.18. The summed E-state index contributed by atoms with van der Waals surface area (Å²) >= 11 is 5.40. The SMILES string of the molecule is CCOC(=O)C(N)C(O)(Cl)C(=O)OCC. The second-order valence-corrected chi connectivity index (χ2v) is 3.20. The number of aliphatic hydroxyl groups is 1. The number of esters is 2. The highest BCUT2D eigenvalue weighted by molar-refractivity contribution is 6.34. The summed E-state index contributed by atoms with van der Waals surface area (Å²) < 4.78 is 8.95. The van der Waals surface area contributed by atoms with Crippen molar-refractivity contribution in [3.63, 3.8) is 0 Å². The summed E-state index contributed by atoms with van der Waals surface area (Å²) in [5.74, 6) is -2.14.